The summed E-state index contributed by atoms with van der Waals surface area (Å²) in [5.74, 6) is 1.81. The van der Waals surface area contributed by atoms with Crippen LogP contribution in [0.2, 0.25) is 0 Å². The van der Waals surface area contributed by atoms with E-state index in [-0.39, 0.29) is 0 Å². The average molecular weight is 334 g/mol. The van der Waals surface area contributed by atoms with Crippen LogP contribution in [0.3, 0.4) is 0 Å². The van der Waals surface area contributed by atoms with E-state index >= 15 is 0 Å². The van der Waals surface area contributed by atoms with Gasteiger partial charge in [0, 0.05) is 31.7 Å². The first-order valence-corrected chi connectivity index (χ1v) is 8.38. The van der Waals surface area contributed by atoms with E-state index in [0.29, 0.717) is 11.4 Å². The zero-order chi connectivity index (χ0) is 16.1. The van der Waals surface area contributed by atoms with Gasteiger partial charge < -0.3 is 9.47 Å². The number of rotatable bonds is 6. The fraction of sp³-hybridized carbons (Fsp3) is 0.500. The lowest BCUT2D eigenvalue weighted by molar-refractivity contribution is 0.0382. The standard InChI is InChI=1S/C16H22N4O2S/c1-2-22-14-5-3-13(4-6-14)20-15(17-18-16(20)23)7-8-19-9-11-21-12-10-19/h3-6H,2,7-12H2,1H3,(H,18,23). The van der Waals surface area contributed by atoms with Gasteiger partial charge in [0.05, 0.1) is 19.8 Å². The summed E-state index contributed by atoms with van der Waals surface area (Å²) < 4.78 is 13.5. The Morgan fingerprint density at radius 1 is 1.26 bits per heavy atom. The van der Waals surface area contributed by atoms with E-state index in [4.69, 9.17) is 21.7 Å². The Labute approximate surface area is 141 Å². The van der Waals surface area contributed by atoms with E-state index in [9.17, 15) is 0 Å². The van der Waals surface area contributed by atoms with Gasteiger partial charge in [-0.25, -0.2) is 0 Å². The molecule has 6 nitrogen and oxygen atoms in total. The molecule has 7 heteroatoms. The van der Waals surface area contributed by atoms with Crippen molar-refractivity contribution in [1.82, 2.24) is 19.7 Å². The van der Waals surface area contributed by atoms with Gasteiger partial charge >= 0.3 is 0 Å². The van der Waals surface area contributed by atoms with E-state index in [1.54, 1.807) is 0 Å². The third kappa shape index (κ3) is 3.99. The number of ether oxygens (including phenoxy) is 2. The first-order chi connectivity index (χ1) is 11.3. The molecule has 1 aliphatic heterocycles. The fourth-order valence-electron chi connectivity index (χ4n) is 2.70. The molecule has 1 fully saturated rings. The van der Waals surface area contributed by atoms with Gasteiger partial charge in [0.2, 0.25) is 0 Å². The smallest absolute Gasteiger partial charge is 0.199 e. The second kappa shape index (κ2) is 7.72. The topological polar surface area (TPSA) is 55.3 Å². The average Bonchev–Trinajstić information content (AvgIpc) is 2.96. The molecule has 0 saturated carbocycles. The first kappa shape index (κ1) is 16.2. The number of morpholine rings is 1. The molecule has 1 saturated heterocycles. The first-order valence-electron chi connectivity index (χ1n) is 7.97. The molecule has 3 rings (SSSR count). The van der Waals surface area contributed by atoms with E-state index in [1.807, 2.05) is 35.8 Å². The SMILES string of the molecule is CCOc1ccc(-n2c(CCN3CCOCC3)n[nH]c2=S)cc1. The minimum absolute atomic E-state index is 0.617. The van der Waals surface area contributed by atoms with Crippen LogP contribution < -0.4 is 4.74 Å². The van der Waals surface area contributed by atoms with Crippen molar-refractivity contribution < 1.29 is 9.47 Å². The number of nitrogens with one attached hydrogen (secondary N) is 1. The maximum absolute atomic E-state index is 5.49. The summed E-state index contributed by atoms with van der Waals surface area (Å²) in [5, 5.41) is 7.30. The highest BCUT2D eigenvalue weighted by atomic mass is 32.1. The van der Waals surface area contributed by atoms with E-state index in [0.717, 1.165) is 56.5 Å². The van der Waals surface area contributed by atoms with Crippen LogP contribution in [0.4, 0.5) is 0 Å². The fourth-order valence-corrected chi connectivity index (χ4v) is 2.96. The Morgan fingerprint density at radius 3 is 2.70 bits per heavy atom. The van der Waals surface area contributed by atoms with Gasteiger partial charge in [-0.1, -0.05) is 0 Å². The molecular formula is C16H22N4O2S. The number of nitrogens with zero attached hydrogens (tertiary/aromatic N) is 3. The third-order valence-corrected chi connectivity index (χ3v) is 4.18. The van der Waals surface area contributed by atoms with Gasteiger partial charge in [0.25, 0.3) is 0 Å². The van der Waals surface area contributed by atoms with Gasteiger partial charge in [-0.15, -0.1) is 0 Å². The van der Waals surface area contributed by atoms with E-state index < -0.39 is 0 Å². The van der Waals surface area contributed by atoms with E-state index in [2.05, 4.69) is 15.1 Å². The second-order valence-corrected chi connectivity index (χ2v) is 5.80. The van der Waals surface area contributed by atoms with Gasteiger partial charge in [0.1, 0.15) is 11.6 Å². The molecule has 124 valence electrons. The number of H-pyrrole nitrogens is 1. The number of hydrogen-bond donors (Lipinski definition) is 1. The number of aromatic nitrogens is 3. The molecule has 0 radical (unpaired) electrons. The molecule has 1 N–H and O–H groups in total. The molecule has 2 aromatic rings. The predicted molar refractivity (Wildman–Crippen MR) is 90.9 cm³/mol. The highest BCUT2D eigenvalue weighted by Crippen LogP contribution is 2.17. The lowest BCUT2D eigenvalue weighted by Gasteiger charge is -2.26. The van der Waals surface area contributed by atoms with Crippen LogP contribution >= 0.6 is 12.2 Å². The molecule has 1 aromatic heterocycles. The molecule has 0 aliphatic carbocycles. The quantitative estimate of drug-likeness (QED) is 0.821. The summed E-state index contributed by atoms with van der Waals surface area (Å²) in [5.41, 5.74) is 1.00. The van der Waals surface area contributed by atoms with Crippen LogP contribution in [0, 0.1) is 4.77 Å². The summed E-state index contributed by atoms with van der Waals surface area (Å²) in [6.07, 6.45) is 0.848. The largest absolute Gasteiger partial charge is 0.494 e. The monoisotopic (exact) mass is 334 g/mol. The molecule has 0 unspecified atom stereocenters. The lowest BCUT2D eigenvalue weighted by atomic mass is 10.2. The Morgan fingerprint density at radius 2 is 2.00 bits per heavy atom. The number of aromatic amines is 1. The van der Waals surface area contributed by atoms with Gasteiger partial charge in [-0.3, -0.25) is 14.6 Å². The lowest BCUT2D eigenvalue weighted by Crippen LogP contribution is -2.37. The normalized spacial score (nSPS) is 15.7. The van der Waals surface area contributed by atoms with E-state index in [1.165, 1.54) is 0 Å². The van der Waals surface area contributed by atoms with Crippen LogP contribution in [0.5, 0.6) is 5.75 Å². The summed E-state index contributed by atoms with van der Waals surface area (Å²) >= 11 is 5.39. The van der Waals surface area contributed by atoms with Crippen molar-refractivity contribution >= 4 is 12.2 Å². The van der Waals surface area contributed by atoms with Crippen molar-refractivity contribution in [2.75, 3.05) is 39.5 Å². The molecule has 1 aromatic carbocycles. The molecule has 23 heavy (non-hydrogen) atoms. The van der Waals surface area contributed by atoms with Crippen molar-refractivity contribution in [2.45, 2.75) is 13.3 Å². The van der Waals surface area contributed by atoms with Crippen LogP contribution in [0.1, 0.15) is 12.7 Å². The maximum Gasteiger partial charge on any atom is 0.199 e. The van der Waals surface area contributed by atoms with Crippen molar-refractivity contribution in [3.05, 3.63) is 34.9 Å². The summed E-state index contributed by atoms with van der Waals surface area (Å²) in [6, 6.07) is 7.93. The maximum atomic E-state index is 5.49. The summed E-state index contributed by atoms with van der Waals surface area (Å²) in [4.78, 5) is 2.39. The molecule has 0 amide bonds. The zero-order valence-corrected chi connectivity index (χ0v) is 14.1. The van der Waals surface area contributed by atoms with Crippen LogP contribution in [0.15, 0.2) is 24.3 Å². The summed E-state index contributed by atoms with van der Waals surface area (Å²) in [6.45, 7) is 7.18. The molecular weight excluding hydrogens is 312 g/mol. The van der Waals surface area contributed by atoms with Crippen LogP contribution in [0.25, 0.3) is 5.69 Å². The Balaban J connectivity index is 1.74. The van der Waals surface area contributed by atoms with Gasteiger partial charge in [-0.05, 0) is 43.4 Å². The zero-order valence-electron chi connectivity index (χ0n) is 13.3. The van der Waals surface area contributed by atoms with Crippen molar-refractivity contribution in [2.24, 2.45) is 0 Å². The third-order valence-electron chi connectivity index (χ3n) is 3.90. The molecule has 0 spiro atoms. The molecule has 0 bridgehead atoms. The number of hydrogen-bond acceptors (Lipinski definition) is 5. The molecule has 0 atom stereocenters. The van der Waals surface area contributed by atoms with Gasteiger partial charge in [0.15, 0.2) is 4.77 Å². The van der Waals surface area contributed by atoms with Crippen molar-refractivity contribution in [3.63, 3.8) is 0 Å². The van der Waals surface area contributed by atoms with Crippen molar-refractivity contribution in [3.8, 4) is 11.4 Å². The Bertz CT molecular complexity index is 674. The molecule has 2 heterocycles. The van der Waals surface area contributed by atoms with Crippen LogP contribution in [-0.2, 0) is 11.2 Å². The highest BCUT2D eigenvalue weighted by molar-refractivity contribution is 7.71. The Kier molecular flexibility index (Phi) is 5.43. The van der Waals surface area contributed by atoms with Crippen molar-refractivity contribution in [1.29, 1.82) is 0 Å². The summed E-state index contributed by atoms with van der Waals surface area (Å²) in [7, 11) is 0. The number of benzene rings is 1. The minimum atomic E-state index is 0.617. The van der Waals surface area contributed by atoms with Gasteiger partial charge in [-0.2, -0.15) is 5.10 Å². The molecule has 1 aliphatic rings. The predicted octanol–water partition coefficient (Wildman–Crippen LogP) is 2.20. The minimum Gasteiger partial charge on any atom is -0.494 e. The highest BCUT2D eigenvalue weighted by Gasteiger charge is 2.13. The Hall–Kier alpha value is -1.70. The van der Waals surface area contributed by atoms with Crippen LogP contribution in [-0.4, -0.2) is 59.1 Å². The second-order valence-electron chi connectivity index (χ2n) is 5.41.